The number of hydrogen-bond acceptors (Lipinski definition) is 5. The van der Waals surface area contributed by atoms with E-state index in [-0.39, 0.29) is 18.4 Å². The van der Waals surface area contributed by atoms with Crippen molar-refractivity contribution in [2.45, 2.75) is 12.7 Å². The normalized spacial score (nSPS) is 13.7. The van der Waals surface area contributed by atoms with Crippen molar-refractivity contribution in [3.05, 3.63) is 59.7 Å². The van der Waals surface area contributed by atoms with Crippen LogP contribution in [-0.2, 0) is 20.1 Å². The maximum absolute atomic E-state index is 12.3. The molecule has 0 unspecified atom stereocenters. The van der Waals surface area contributed by atoms with Crippen molar-refractivity contribution >= 4 is 35.0 Å². The molecular weight excluding hydrogens is 398 g/mol. The van der Waals surface area contributed by atoms with Crippen molar-refractivity contribution in [2.75, 3.05) is 55.9 Å². The van der Waals surface area contributed by atoms with E-state index >= 15 is 0 Å². The Labute approximate surface area is 182 Å². The van der Waals surface area contributed by atoms with Crippen LogP contribution in [0.25, 0.3) is 0 Å². The predicted octanol–water partition coefficient (Wildman–Crippen LogP) is 3.16. The molecule has 3 rings (SSSR count). The Bertz CT molecular complexity index is 851. The Morgan fingerprint density at radius 2 is 1.80 bits per heavy atom. The van der Waals surface area contributed by atoms with Gasteiger partial charge in [-0.2, -0.15) is 0 Å². The molecule has 2 amide bonds. The van der Waals surface area contributed by atoms with Gasteiger partial charge in [0, 0.05) is 37.3 Å². The summed E-state index contributed by atoms with van der Waals surface area (Å²) in [5.74, 6) is 0.889. The van der Waals surface area contributed by atoms with Crippen molar-refractivity contribution in [3.8, 4) is 0 Å². The molecule has 1 saturated heterocycles. The van der Waals surface area contributed by atoms with E-state index in [4.69, 9.17) is 4.74 Å². The van der Waals surface area contributed by atoms with Crippen LogP contribution in [0, 0.1) is 6.92 Å². The van der Waals surface area contributed by atoms with Gasteiger partial charge in [-0.1, -0.05) is 24.3 Å². The van der Waals surface area contributed by atoms with Gasteiger partial charge in [-0.05, 0) is 42.3 Å². The smallest absolute Gasteiger partial charge is 0.243 e. The Morgan fingerprint density at radius 3 is 2.50 bits per heavy atom. The summed E-state index contributed by atoms with van der Waals surface area (Å²) in [5.41, 5.74) is 4.31. The highest BCUT2D eigenvalue weighted by Crippen LogP contribution is 2.19. The van der Waals surface area contributed by atoms with Gasteiger partial charge in [0.1, 0.15) is 0 Å². The van der Waals surface area contributed by atoms with Crippen LogP contribution in [-0.4, -0.2) is 62.4 Å². The number of ether oxygens (including phenoxy) is 1. The van der Waals surface area contributed by atoms with Crippen LogP contribution < -0.4 is 10.2 Å². The van der Waals surface area contributed by atoms with E-state index in [1.54, 1.807) is 18.8 Å². The van der Waals surface area contributed by atoms with Crippen molar-refractivity contribution in [1.29, 1.82) is 0 Å². The second kappa shape index (κ2) is 11.0. The molecular formula is C23H29N3O3S. The zero-order valence-electron chi connectivity index (χ0n) is 17.6. The molecule has 0 bridgehead atoms. The molecule has 1 aliphatic rings. The highest BCUT2D eigenvalue weighted by Gasteiger charge is 2.14. The molecule has 1 N–H and O–H groups in total. The molecule has 1 aliphatic heterocycles. The first-order valence-electron chi connectivity index (χ1n) is 10.1. The largest absolute Gasteiger partial charge is 0.378 e. The van der Waals surface area contributed by atoms with E-state index in [0.717, 1.165) is 43.4 Å². The van der Waals surface area contributed by atoms with E-state index in [2.05, 4.69) is 29.3 Å². The zero-order valence-corrected chi connectivity index (χ0v) is 18.4. The average Bonchev–Trinajstić information content (AvgIpc) is 2.76. The van der Waals surface area contributed by atoms with E-state index in [1.165, 1.54) is 16.0 Å². The van der Waals surface area contributed by atoms with Gasteiger partial charge in [-0.15, -0.1) is 11.8 Å². The lowest BCUT2D eigenvalue weighted by molar-refractivity contribution is -0.131. The predicted molar refractivity (Wildman–Crippen MR) is 123 cm³/mol. The van der Waals surface area contributed by atoms with E-state index in [9.17, 15) is 9.59 Å². The van der Waals surface area contributed by atoms with Crippen LogP contribution in [0.15, 0.2) is 48.5 Å². The number of nitrogens with zero attached hydrogens (tertiary/aromatic N) is 2. The first kappa shape index (κ1) is 22.2. The lowest BCUT2D eigenvalue weighted by Gasteiger charge is -2.28. The van der Waals surface area contributed by atoms with Gasteiger partial charge in [0.2, 0.25) is 11.8 Å². The minimum Gasteiger partial charge on any atom is -0.378 e. The number of hydrogen-bond donors (Lipinski definition) is 1. The number of rotatable bonds is 8. The molecule has 0 aromatic heterocycles. The van der Waals surface area contributed by atoms with Gasteiger partial charge < -0.3 is 19.9 Å². The number of aryl methyl sites for hydroxylation is 1. The van der Waals surface area contributed by atoms with Crippen LogP contribution in [0.4, 0.5) is 11.4 Å². The average molecular weight is 428 g/mol. The number of likely N-dealkylation sites (N-methyl/N-ethyl adjacent to an activating group) is 1. The second-order valence-corrected chi connectivity index (χ2v) is 8.35. The van der Waals surface area contributed by atoms with Crippen molar-refractivity contribution in [2.24, 2.45) is 0 Å². The van der Waals surface area contributed by atoms with Gasteiger partial charge in [0.15, 0.2) is 0 Å². The second-order valence-electron chi connectivity index (χ2n) is 7.36. The standard InChI is InChI=1S/C23H29N3O3S/c1-18-5-3-4-6-19(18)16-30-17-23(28)25(2)15-22(27)24-20-7-9-21(10-8-20)26-11-13-29-14-12-26/h3-10H,11-17H2,1-2H3,(H,24,27). The number of morpholine rings is 1. The SMILES string of the molecule is Cc1ccccc1CSCC(=O)N(C)CC(=O)Nc1ccc(N2CCOCC2)cc1. The molecule has 2 aromatic carbocycles. The third-order valence-corrected chi connectivity index (χ3v) is 6.04. The molecule has 0 aliphatic carbocycles. The fourth-order valence-corrected chi connectivity index (χ4v) is 4.25. The molecule has 0 saturated carbocycles. The van der Waals surface area contributed by atoms with E-state index in [0.29, 0.717) is 5.75 Å². The topological polar surface area (TPSA) is 61.9 Å². The molecule has 160 valence electrons. The Hall–Kier alpha value is -2.51. The van der Waals surface area contributed by atoms with Gasteiger partial charge in [0.05, 0.1) is 25.5 Å². The fourth-order valence-electron chi connectivity index (χ4n) is 3.21. The number of amides is 2. The maximum Gasteiger partial charge on any atom is 0.243 e. The molecule has 0 radical (unpaired) electrons. The molecule has 6 nitrogen and oxygen atoms in total. The summed E-state index contributed by atoms with van der Waals surface area (Å²) >= 11 is 1.57. The van der Waals surface area contributed by atoms with Crippen molar-refractivity contribution < 1.29 is 14.3 Å². The van der Waals surface area contributed by atoms with Crippen LogP contribution in [0.5, 0.6) is 0 Å². The highest BCUT2D eigenvalue weighted by atomic mass is 32.2. The first-order chi connectivity index (χ1) is 14.5. The molecule has 30 heavy (non-hydrogen) atoms. The Morgan fingerprint density at radius 1 is 1.10 bits per heavy atom. The van der Waals surface area contributed by atoms with Crippen LogP contribution in [0.1, 0.15) is 11.1 Å². The number of anilines is 2. The zero-order chi connectivity index (χ0) is 21.3. The molecule has 2 aromatic rings. The first-order valence-corrected chi connectivity index (χ1v) is 11.3. The number of carbonyl (C=O) groups excluding carboxylic acids is 2. The quantitative estimate of drug-likeness (QED) is 0.701. The summed E-state index contributed by atoms with van der Waals surface area (Å²) in [6.45, 7) is 5.34. The number of nitrogens with one attached hydrogen (secondary N) is 1. The minimum absolute atomic E-state index is 0.0367. The molecule has 0 atom stereocenters. The van der Waals surface area contributed by atoms with Gasteiger partial charge >= 0.3 is 0 Å². The molecule has 7 heteroatoms. The summed E-state index contributed by atoms with van der Waals surface area (Å²) in [6.07, 6.45) is 0. The van der Waals surface area contributed by atoms with E-state index in [1.807, 2.05) is 36.4 Å². The number of carbonyl (C=O) groups is 2. The van der Waals surface area contributed by atoms with Gasteiger partial charge in [0.25, 0.3) is 0 Å². The number of benzene rings is 2. The summed E-state index contributed by atoms with van der Waals surface area (Å²) in [5, 5.41) is 2.86. The van der Waals surface area contributed by atoms with Gasteiger partial charge in [-0.3, -0.25) is 9.59 Å². The van der Waals surface area contributed by atoms with Crippen LogP contribution in [0.2, 0.25) is 0 Å². The molecule has 1 fully saturated rings. The fraction of sp³-hybridized carbons (Fsp3) is 0.391. The third kappa shape index (κ3) is 6.50. The lowest BCUT2D eigenvalue weighted by Crippen LogP contribution is -2.36. The Balaban J connectivity index is 1.41. The van der Waals surface area contributed by atoms with Crippen LogP contribution in [0.3, 0.4) is 0 Å². The summed E-state index contributed by atoms with van der Waals surface area (Å²) in [7, 11) is 1.66. The molecule has 0 spiro atoms. The number of thioether (sulfide) groups is 1. The monoisotopic (exact) mass is 427 g/mol. The van der Waals surface area contributed by atoms with Gasteiger partial charge in [-0.25, -0.2) is 0 Å². The Kier molecular flexibility index (Phi) is 8.16. The summed E-state index contributed by atoms with van der Waals surface area (Å²) in [6, 6.07) is 15.9. The maximum atomic E-state index is 12.3. The summed E-state index contributed by atoms with van der Waals surface area (Å²) in [4.78, 5) is 28.4. The van der Waals surface area contributed by atoms with Crippen molar-refractivity contribution in [3.63, 3.8) is 0 Å². The minimum atomic E-state index is -0.200. The molecule has 1 heterocycles. The highest BCUT2D eigenvalue weighted by molar-refractivity contribution is 7.99. The van der Waals surface area contributed by atoms with E-state index < -0.39 is 0 Å². The lowest BCUT2D eigenvalue weighted by atomic mass is 10.1. The summed E-state index contributed by atoms with van der Waals surface area (Å²) < 4.78 is 5.37. The van der Waals surface area contributed by atoms with Crippen molar-refractivity contribution in [1.82, 2.24) is 4.90 Å². The third-order valence-electron chi connectivity index (χ3n) is 5.08. The van der Waals surface area contributed by atoms with Crippen LogP contribution >= 0.6 is 11.8 Å².